The summed E-state index contributed by atoms with van der Waals surface area (Å²) in [5.74, 6) is 0.674. The molecule has 0 spiro atoms. The van der Waals surface area contributed by atoms with Crippen LogP contribution in [0.4, 0.5) is 4.79 Å². The number of thioether (sulfide) groups is 1. The van der Waals surface area contributed by atoms with Gasteiger partial charge in [-0.1, -0.05) is 11.8 Å². The lowest BCUT2D eigenvalue weighted by Gasteiger charge is -2.26. The van der Waals surface area contributed by atoms with Gasteiger partial charge in [0.25, 0.3) is 5.24 Å². The van der Waals surface area contributed by atoms with Crippen molar-refractivity contribution in [3.63, 3.8) is 0 Å². The van der Waals surface area contributed by atoms with Crippen molar-refractivity contribution in [2.24, 2.45) is 0 Å². The monoisotopic (exact) mass is 255 g/mol. The largest absolute Gasteiger partial charge is 0.339 e. The van der Waals surface area contributed by atoms with E-state index >= 15 is 0 Å². The van der Waals surface area contributed by atoms with Gasteiger partial charge < -0.3 is 15.5 Å². The summed E-state index contributed by atoms with van der Waals surface area (Å²) < 4.78 is 0. The Labute approximate surface area is 105 Å². The molecule has 0 saturated carbocycles. The summed E-state index contributed by atoms with van der Waals surface area (Å²) in [6, 6.07) is 0.741. The molecule has 0 aliphatic carbocycles. The fourth-order valence-corrected chi connectivity index (χ4v) is 3.65. The number of fused-ring (bicyclic) bond motifs is 2. The fraction of sp³-hybridized carbons (Fsp3) is 0.818. The molecule has 3 aliphatic heterocycles. The number of carbonyl (C=O) groups is 2. The van der Waals surface area contributed by atoms with Crippen molar-refractivity contribution in [2.75, 3.05) is 18.8 Å². The van der Waals surface area contributed by atoms with Crippen molar-refractivity contribution in [1.29, 1.82) is 0 Å². The summed E-state index contributed by atoms with van der Waals surface area (Å²) in [5, 5.41) is 6.21. The van der Waals surface area contributed by atoms with Gasteiger partial charge in [-0.05, 0) is 19.3 Å². The quantitative estimate of drug-likeness (QED) is 0.701. The van der Waals surface area contributed by atoms with E-state index in [-0.39, 0.29) is 17.2 Å². The number of hydrogen-bond donors (Lipinski definition) is 2. The van der Waals surface area contributed by atoms with E-state index in [4.69, 9.17) is 0 Å². The van der Waals surface area contributed by atoms with E-state index in [0.717, 1.165) is 19.5 Å². The fourth-order valence-electron chi connectivity index (χ4n) is 2.88. The number of carbonyl (C=O) groups excluding carboxylic acids is 2. The third kappa shape index (κ3) is 2.28. The molecular formula is C11H17N3O2S. The van der Waals surface area contributed by atoms with E-state index in [0.29, 0.717) is 17.8 Å². The molecule has 3 fully saturated rings. The van der Waals surface area contributed by atoms with Gasteiger partial charge in [0.1, 0.15) is 6.04 Å². The predicted octanol–water partition coefficient (Wildman–Crippen LogP) is 0.164. The van der Waals surface area contributed by atoms with Gasteiger partial charge in [0, 0.05) is 30.9 Å². The van der Waals surface area contributed by atoms with Crippen LogP contribution in [0, 0.1) is 0 Å². The minimum atomic E-state index is -0.302. The van der Waals surface area contributed by atoms with Crippen LogP contribution >= 0.6 is 11.8 Å². The maximum atomic E-state index is 12.2. The van der Waals surface area contributed by atoms with Gasteiger partial charge in [-0.25, -0.2) is 0 Å². The molecule has 5 nitrogen and oxygen atoms in total. The van der Waals surface area contributed by atoms with Gasteiger partial charge in [-0.2, -0.15) is 0 Å². The standard InChI is InChI=1S/C11H17N3O2S/c15-10(9-6-17-11(16)13-9)14-4-3-7-1-2-8(5-14)12-7/h7-9,12H,1-6H2,(H,13,16). The first-order chi connectivity index (χ1) is 8.22. The molecule has 2 bridgehead atoms. The Morgan fingerprint density at radius 2 is 2.12 bits per heavy atom. The maximum absolute atomic E-state index is 12.2. The Morgan fingerprint density at radius 3 is 2.88 bits per heavy atom. The molecule has 94 valence electrons. The average Bonchev–Trinajstić information content (AvgIpc) is 2.84. The highest BCUT2D eigenvalue weighted by Gasteiger charge is 2.36. The SMILES string of the molecule is O=C1NC(C(=O)N2CCC3CCC(C2)N3)CS1. The van der Waals surface area contributed by atoms with Crippen molar-refractivity contribution in [3.05, 3.63) is 0 Å². The summed E-state index contributed by atoms with van der Waals surface area (Å²) in [6.45, 7) is 1.62. The molecule has 0 aromatic carbocycles. The molecule has 2 N–H and O–H groups in total. The molecule has 6 heteroatoms. The summed E-state index contributed by atoms with van der Waals surface area (Å²) >= 11 is 1.21. The number of hydrogen-bond acceptors (Lipinski definition) is 4. The summed E-state index contributed by atoms with van der Waals surface area (Å²) in [6.07, 6.45) is 3.44. The molecule has 0 aromatic rings. The second kappa shape index (κ2) is 4.49. The minimum absolute atomic E-state index is 0.0715. The molecule has 3 unspecified atom stereocenters. The Kier molecular flexibility index (Phi) is 3.00. The Morgan fingerprint density at radius 1 is 1.29 bits per heavy atom. The summed E-state index contributed by atoms with van der Waals surface area (Å²) in [5.41, 5.74) is 0. The maximum Gasteiger partial charge on any atom is 0.279 e. The lowest BCUT2D eigenvalue weighted by molar-refractivity contribution is -0.132. The molecule has 17 heavy (non-hydrogen) atoms. The molecule has 3 saturated heterocycles. The van der Waals surface area contributed by atoms with E-state index < -0.39 is 0 Å². The third-order valence-corrected chi connectivity index (χ3v) is 4.69. The number of likely N-dealkylation sites (tertiary alicyclic amines) is 1. The van der Waals surface area contributed by atoms with Crippen molar-refractivity contribution in [3.8, 4) is 0 Å². The minimum Gasteiger partial charge on any atom is -0.339 e. The first kappa shape index (κ1) is 11.3. The Hall–Kier alpha value is -0.750. The highest BCUT2D eigenvalue weighted by Crippen LogP contribution is 2.22. The van der Waals surface area contributed by atoms with Crippen LogP contribution in [-0.4, -0.2) is 53.0 Å². The number of rotatable bonds is 1. The molecule has 3 aliphatic rings. The second-order valence-corrected chi connectivity index (χ2v) is 6.00. The Bertz CT molecular complexity index is 350. The normalized spacial score (nSPS) is 36.8. The molecule has 2 amide bonds. The summed E-state index contributed by atoms with van der Waals surface area (Å²) in [4.78, 5) is 25.3. The van der Waals surface area contributed by atoms with Crippen molar-refractivity contribution >= 4 is 22.9 Å². The lowest BCUT2D eigenvalue weighted by atomic mass is 10.1. The van der Waals surface area contributed by atoms with Gasteiger partial charge >= 0.3 is 0 Å². The van der Waals surface area contributed by atoms with Crippen molar-refractivity contribution in [2.45, 2.75) is 37.4 Å². The average molecular weight is 255 g/mol. The zero-order valence-electron chi connectivity index (χ0n) is 9.65. The molecule has 3 heterocycles. The third-order valence-electron chi connectivity index (χ3n) is 3.81. The molecule has 0 aromatic heterocycles. The lowest BCUT2D eigenvalue weighted by Crippen LogP contribution is -2.48. The molecular weight excluding hydrogens is 238 g/mol. The van der Waals surface area contributed by atoms with E-state index in [2.05, 4.69) is 10.6 Å². The van der Waals surface area contributed by atoms with Crippen LogP contribution in [0.1, 0.15) is 19.3 Å². The topological polar surface area (TPSA) is 61.4 Å². The van der Waals surface area contributed by atoms with Gasteiger partial charge in [0.05, 0.1) is 0 Å². The van der Waals surface area contributed by atoms with Crippen molar-refractivity contribution < 1.29 is 9.59 Å². The van der Waals surface area contributed by atoms with Crippen LogP contribution in [-0.2, 0) is 4.79 Å². The van der Waals surface area contributed by atoms with Crippen LogP contribution in [0.15, 0.2) is 0 Å². The van der Waals surface area contributed by atoms with Gasteiger partial charge in [-0.15, -0.1) is 0 Å². The van der Waals surface area contributed by atoms with E-state index in [1.165, 1.54) is 24.6 Å². The summed E-state index contributed by atoms with van der Waals surface area (Å²) in [7, 11) is 0. The van der Waals surface area contributed by atoms with Gasteiger partial charge in [0.2, 0.25) is 5.91 Å². The smallest absolute Gasteiger partial charge is 0.279 e. The van der Waals surface area contributed by atoms with E-state index in [9.17, 15) is 9.59 Å². The van der Waals surface area contributed by atoms with Crippen molar-refractivity contribution in [1.82, 2.24) is 15.5 Å². The first-order valence-corrected chi connectivity index (χ1v) is 7.19. The highest BCUT2D eigenvalue weighted by molar-refractivity contribution is 8.14. The van der Waals surface area contributed by atoms with E-state index in [1.54, 1.807) is 0 Å². The number of amides is 2. The zero-order valence-corrected chi connectivity index (χ0v) is 10.5. The van der Waals surface area contributed by atoms with Crippen LogP contribution in [0.25, 0.3) is 0 Å². The first-order valence-electron chi connectivity index (χ1n) is 6.20. The number of nitrogens with zero attached hydrogens (tertiary/aromatic N) is 1. The molecule has 3 rings (SSSR count). The second-order valence-electron chi connectivity index (χ2n) is 5.01. The van der Waals surface area contributed by atoms with Crippen LogP contribution in [0.2, 0.25) is 0 Å². The Balaban J connectivity index is 1.63. The van der Waals surface area contributed by atoms with Gasteiger partial charge in [-0.3, -0.25) is 9.59 Å². The van der Waals surface area contributed by atoms with Crippen LogP contribution in [0.5, 0.6) is 0 Å². The number of nitrogens with one attached hydrogen (secondary N) is 2. The van der Waals surface area contributed by atoms with Crippen LogP contribution in [0.3, 0.4) is 0 Å². The highest BCUT2D eigenvalue weighted by atomic mass is 32.2. The van der Waals surface area contributed by atoms with Crippen LogP contribution < -0.4 is 10.6 Å². The molecule has 0 radical (unpaired) electrons. The van der Waals surface area contributed by atoms with E-state index in [1.807, 2.05) is 4.90 Å². The zero-order chi connectivity index (χ0) is 11.8. The predicted molar refractivity (Wildman–Crippen MR) is 65.9 cm³/mol. The van der Waals surface area contributed by atoms with Gasteiger partial charge in [0.15, 0.2) is 0 Å². The molecule has 3 atom stereocenters.